The molecule has 0 radical (unpaired) electrons. The second kappa shape index (κ2) is 15.7. The van der Waals surface area contributed by atoms with Gasteiger partial charge in [-0.3, -0.25) is 0 Å². The minimum absolute atomic E-state index is 0.0927. The number of benzene rings is 9. The summed E-state index contributed by atoms with van der Waals surface area (Å²) in [6.07, 6.45) is 1.16. The SMILES string of the molecule is CI(C)CCC1(C)c2cc3c(cc2-c2c(-n4c5ccccc5c5ccc(N(c6ccc(-c7ccccc7)cc6)c6ccc(-c7ccccc7)cc6)cc54)cccc21)C(C)(C)c1ccccc1-3. The van der Waals surface area contributed by atoms with Gasteiger partial charge in [0.25, 0.3) is 0 Å². The van der Waals surface area contributed by atoms with Gasteiger partial charge in [0.15, 0.2) is 0 Å². The van der Waals surface area contributed by atoms with Crippen LogP contribution in [0, 0.1) is 0 Å². The van der Waals surface area contributed by atoms with Crippen molar-refractivity contribution in [3.63, 3.8) is 0 Å². The molecule has 0 N–H and O–H groups in total. The number of hydrogen-bond acceptors (Lipinski definition) is 1. The van der Waals surface area contributed by atoms with Gasteiger partial charge in [0, 0.05) is 0 Å². The Balaban J connectivity index is 1.08. The molecule has 2 aliphatic carbocycles. The van der Waals surface area contributed by atoms with Gasteiger partial charge in [0.05, 0.1) is 0 Å². The molecular weight excluding hydrogens is 912 g/mol. The van der Waals surface area contributed by atoms with E-state index in [2.05, 4.69) is 246 Å². The first-order chi connectivity index (χ1) is 32.2. The van der Waals surface area contributed by atoms with Crippen molar-refractivity contribution in [3.8, 4) is 50.2 Å². The van der Waals surface area contributed by atoms with Crippen LogP contribution in [-0.4, -0.2) is 18.9 Å². The first-order valence-corrected chi connectivity index (χ1v) is 29.1. The summed E-state index contributed by atoms with van der Waals surface area (Å²) in [5.41, 5.74) is 23.1. The van der Waals surface area contributed by atoms with Crippen molar-refractivity contribution in [2.45, 2.75) is 38.0 Å². The molecule has 0 saturated carbocycles. The van der Waals surface area contributed by atoms with Crippen LogP contribution in [0.3, 0.4) is 0 Å². The van der Waals surface area contributed by atoms with Gasteiger partial charge in [-0.25, -0.2) is 0 Å². The zero-order chi connectivity index (χ0) is 44.7. The minimum atomic E-state index is -1.02. The Bertz CT molecular complexity index is 3390. The zero-order valence-corrected chi connectivity index (χ0v) is 40.5. The average Bonchev–Trinajstić information content (AvgIpc) is 3.91. The molecule has 322 valence electrons. The number of aromatic nitrogens is 1. The summed E-state index contributed by atoms with van der Waals surface area (Å²) in [4.78, 5) is 7.47. The van der Waals surface area contributed by atoms with Crippen LogP contribution in [0.25, 0.3) is 72.0 Å². The van der Waals surface area contributed by atoms with Crippen LogP contribution < -0.4 is 4.90 Å². The molecule has 1 unspecified atom stereocenters. The Morgan fingerprint density at radius 2 is 0.970 bits per heavy atom. The Kier molecular flexibility index (Phi) is 9.73. The number of fused-ring (bicyclic) bond motifs is 9. The molecular formula is C63H53IN2. The molecule has 12 rings (SSSR count). The number of halogens is 1. The first-order valence-electron chi connectivity index (χ1n) is 23.2. The van der Waals surface area contributed by atoms with Crippen molar-refractivity contribution in [1.82, 2.24) is 4.57 Å². The van der Waals surface area contributed by atoms with Gasteiger partial charge in [-0.15, -0.1) is 0 Å². The number of para-hydroxylation sites is 1. The quantitative estimate of drug-likeness (QED) is 0.103. The van der Waals surface area contributed by atoms with Crippen LogP contribution in [0.5, 0.6) is 0 Å². The first kappa shape index (κ1) is 40.8. The molecule has 0 spiro atoms. The van der Waals surface area contributed by atoms with E-state index in [1.165, 1.54) is 98.7 Å². The van der Waals surface area contributed by atoms with Gasteiger partial charge in [0.1, 0.15) is 0 Å². The zero-order valence-electron chi connectivity index (χ0n) is 38.3. The topological polar surface area (TPSA) is 8.17 Å². The molecule has 10 aromatic rings. The third-order valence-corrected chi connectivity index (χ3v) is 17.5. The molecule has 0 fully saturated rings. The standard InChI is InChI=1S/C63H53IN2/c1-62(2)54-23-14-12-21-49(54)52-40-57-53(41-56(52)62)61-55(63(57,3)37-38-64(4)5)24-16-26-59(61)66-58-25-15-13-22-50(58)51-36-35-48(39-60(51)66)65(46-31-27-44(28-32-46)42-17-8-6-9-18-42)47-33-29-45(30-34-47)43-19-10-7-11-20-43/h6-36,39-41H,37-38H2,1-5H3. The molecule has 0 bridgehead atoms. The van der Waals surface area contributed by atoms with Gasteiger partial charge in [-0.05, 0) is 46.5 Å². The van der Waals surface area contributed by atoms with E-state index in [1.807, 2.05) is 0 Å². The van der Waals surface area contributed by atoms with E-state index in [-0.39, 0.29) is 10.8 Å². The van der Waals surface area contributed by atoms with Crippen molar-refractivity contribution in [1.29, 1.82) is 0 Å². The molecule has 3 heteroatoms. The Morgan fingerprint density at radius 3 is 1.64 bits per heavy atom. The van der Waals surface area contributed by atoms with Gasteiger partial charge < -0.3 is 0 Å². The van der Waals surface area contributed by atoms with Crippen LogP contribution in [0.15, 0.2) is 206 Å². The maximum atomic E-state index is 2.61. The Labute approximate surface area is 396 Å². The third kappa shape index (κ3) is 6.41. The molecule has 66 heavy (non-hydrogen) atoms. The van der Waals surface area contributed by atoms with E-state index in [4.69, 9.17) is 0 Å². The van der Waals surface area contributed by atoms with E-state index in [0.717, 1.165) is 23.5 Å². The predicted octanol–water partition coefficient (Wildman–Crippen LogP) is 17.3. The average molecular weight is 965 g/mol. The fourth-order valence-corrected chi connectivity index (χ4v) is 13.5. The van der Waals surface area contributed by atoms with E-state index in [9.17, 15) is 0 Å². The Morgan fingerprint density at radius 1 is 0.424 bits per heavy atom. The summed E-state index contributed by atoms with van der Waals surface area (Å²) in [7, 11) is 0. The molecule has 2 aliphatic rings. The Hall–Kier alpha value is -6.69. The van der Waals surface area contributed by atoms with E-state index in [0.29, 0.717) is 0 Å². The van der Waals surface area contributed by atoms with Gasteiger partial charge in [-0.1, -0.05) is 84.9 Å². The molecule has 0 aliphatic heterocycles. The van der Waals surface area contributed by atoms with E-state index >= 15 is 0 Å². The molecule has 2 nitrogen and oxygen atoms in total. The van der Waals surface area contributed by atoms with Crippen molar-refractivity contribution in [2.24, 2.45) is 0 Å². The molecule has 0 saturated heterocycles. The molecule has 1 atom stereocenters. The second-order valence-electron chi connectivity index (χ2n) is 19.2. The number of anilines is 3. The van der Waals surface area contributed by atoms with Crippen LogP contribution in [0.2, 0.25) is 0 Å². The van der Waals surface area contributed by atoms with Gasteiger partial charge in [0.2, 0.25) is 0 Å². The van der Waals surface area contributed by atoms with Crippen LogP contribution in [0.4, 0.5) is 17.1 Å². The fourth-order valence-electron chi connectivity index (χ4n) is 11.3. The van der Waals surface area contributed by atoms with E-state index in [1.54, 1.807) is 0 Å². The fraction of sp³-hybridized carbons (Fsp3) is 0.143. The third-order valence-electron chi connectivity index (χ3n) is 14.8. The molecule has 9 aromatic carbocycles. The summed E-state index contributed by atoms with van der Waals surface area (Å²) in [5.74, 6) is 0. The number of rotatable bonds is 9. The van der Waals surface area contributed by atoms with Gasteiger partial charge in [-0.2, -0.15) is 0 Å². The number of alkyl halides is 3. The van der Waals surface area contributed by atoms with Crippen LogP contribution in [0.1, 0.15) is 49.4 Å². The molecule has 1 heterocycles. The summed E-state index contributed by atoms with van der Waals surface area (Å²) < 4.78 is 3.90. The van der Waals surface area contributed by atoms with E-state index < -0.39 is 19.8 Å². The summed E-state index contributed by atoms with van der Waals surface area (Å²) in [5, 5.41) is 2.52. The normalized spacial score (nSPS) is 15.6. The van der Waals surface area contributed by atoms with Gasteiger partial charge >= 0.3 is 268 Å². The monoisotopic (exact) mass is 964 g/mol. The van der Waals surface area contributed by atoms with Crippen LogP contribution >= 0.6 is 19.8 Å². The number of nitrogens with zero attached hydrogens (tertiary/aromatic N) is 2. The summed E-state index contributed by atoms with van der Waals surface area (Å²) in [6.45, 7) is 7.38. The van der Waals surface area contributed by atoms with Crippen molar-refractivity contribution >= 4 is 58.7 Å². The van der Waals surface area contributed by atoms with Crippen molar-refractivity contribution in [2.75, 3.05) is 19.2 Å². The predicted molar refractivity (Wildman–Crippen MR) is 291 cm³/mol. The molecule has 1 aromatic heterocycles. The van der Waals surface area contributed by atoms with Crippen molar-refractivity contribution < 1.29 is 0 Å². The maximum absolute atomic E-state index is 2.61. The second-order valence-corrected chi connectivity index (χ2v) is 25.5. The number of hydrogen-bond donors (Lipinski definition) is 0. The molecule has 0 amide bonds. The van der Waals surface area contributed by atoms with Crippen LogP contribution in [-0.2, 0) is 10.8 Å². The van der Waals surface area contributed by atoms with Crippen molar-refractivity contribution in [3.05, 3.63) is 229 Å². The summed E-state index contributed by atoms with van der Waals surface area (Å²) in [6, 6.07) is 77.1. The summed E-state index contributed by atoms with van der Waals surface area (Å²) >= 11 is -1.02.